The molecular weight excluding hydrogens is 482 g/mol. The van der Waals surface area contributed by atoms with Gasteiger partial charge in [-0.25, -0.2) is 13.2 Å². The number of nitrogens with zero attached hydrogens (tertiary/aromatic N) is 1. The Labute approximate surface area is 203 Å². The Bertz CT molecular complexity index is 1180. The first-order valence-electron chi connectivity index (χ1n) is 10.5. The fraction of sp³-hybridized carbons (Fsp3) is 0.292. The highest BCUT2D eigenvalue weighted by Crippen LogP contribution is 2.22. The van der Waals surface area contributed by atoms with Gasteiger partial charge in [-0.1, -0.05) is 23.7 Å². The van der Waals surface area contributed by atoms with Crippen LogP contribution in [0.2, 0.25) is 5.02 Å². The molecule has 0 aliphatic carbocycles. The van der Waals surface area contributed by atoms with Crippen molar-refractivity contribution >= 4 is 38.9 Å². The van der Waals surface area contributed by atoms with Crippen LogP contribution in [0.15, 0.2) is 65.6 Å². The highest BCUT2D eigenvalue weighted by Gasteiger charge is 2.24. The molecule has 0 spiro atoms. The van der Waals surface area contributed by atoms with Crippen LogP contribution in [-0.4, -0.2) is 44.0 Å². The Kier molecular flexibility index (Phi) is 8.91. The third-order valence-corrected chi connectivity index (χ3v) is 8.44. The molecule has 3 rings (SSSR count). The standard InChI is InChI=1S/C24H26ClNO5S2/c1-31-20-9-12-22(13-10-20)33(29,30)26(15-3-6-18-5-2-7-19(25)17-18)16-4-8-21-11-14-23(32-21)24(27)28/h2,5,7,9-14,17H,3-4,6,8,15-16H2,1H3,(H,27,28). The number of ether oxygens (including phenoxy) is 1. The van der Waals surface area contributed by atoms with E-state index in [4.69, 9.17) is 21.4 Å². The number of carboxylic acid groups (broad SMARTS) is 1. The van der Waals surface area contributed by atoms with Gasteiger partial charge in [-0.05, 0) is 79.8 Å². The monoisotopic (exact) mass is 507 g/mol. The Balaban J connectivity index is 1.70. The number of aromatic carboxylic acids is 1. The molecule has 0 aliphatic rings. The van der Waals surface area contributed by atoms with Gasteiger partial charge in [-0.15, -0.1) is 11.3 Å². The van der Waals surface area contributed by atoms with E-state index in [2.05, 4.69) is 0 Å². The molecule has 9 heteroatoms. The van der Waals surface area contributed by atoms with Crippen LogP contribution in [0.1, 0.15) is 33.0 Å². The average molecular weight is 508 g/mol. The largest absolute Gasteiger partial charge is 0.497 e. The molecule has 0 unspecified atom stereocenters. The second-order valence-corrected chi connectivity index (χ2v) is 11.0. The zero-order valence-electron chi connectivity index (χ0n) is 18.2. The molecule has 33 heavy (non-hydrogen) atoms. The minimum Gasteiger partial charge on any atom is -0.497 e. The number of halogens is 1. The topological polar surface area (TPSA) is 83.9 Å². The van der Waals surface area contributed by atoms with Gasteiger partial charge in [0.2, 0.25) is 10.0 Å². The van der Waals surface area contributed by atoms with Gasteiger partial charge < -0.3 is 9.84 Å². The maximum absolute atomic E-state index is 13.4. The van der Waals surface area contributed by atoms with Crippen molar-refractivity contribution in [2.24, 2.45) is 0 Å². The molecule has 0 radical (unpaired) electrons. The maximum Gasteiger partial charge on any atom is 0.345 e. The lowest BCUT2D eigenvalue weighted by molar-refractivity contribution is 0.0702. The predicted octanol–water partition coefficient (Wildman–Crippen LogP) is 5.36. The number of thiophene rings is 1. The lowest BCUT2D eigenvalue weighted by Crippen LogP contribution is -2.33. The van der Waals surface area contributed by atoms with E-state index in [-0.39, 0.29) is 9.77 Å². The van der Waals surface area contributed by atoms with E-state index in [1.54, 1.807) is 36.4 Å². The van der Waals surface area contributed by atoms with Crippen molar-refractivity contribution in [2.75, 3.05) is 20.2 Å². The van der Waals surface area contributed by atoms with Gasteiger partial charge in [-0.3, -0.25) is 0 Å². The van der Waals surface area contributed by atoms with Crippen LogP contribution >= 0.6 is 22.9 Å². The highest BCUT2D eigenvalue weighted by atomic mass is 35.5. The van der Waals surface area contributed by atoms with E-state index in [9.17, 15) is 13.2 Å². The molecule has 0 saturated heterocycles. The van der Waals surface area contributed by atoms with Gasteiger partial charge in [0.1, 0.15) is 10.6 Å². The zero-order valence-corrected chi connectivity index (χ0v) is 20.6. The number of hydrogen-bond acceptors (Lipinski definition) is 5. The molecule has 6 nitrogen and oxygen atoms in total. The summed E-state index contributed by atoms with van der Waals surface area (Å²) >= 11 is 7.28. The molecule has 0 saturated carbocycles. The van der Waals surface area contributed by atoms with Crippen molar-refractivity contribution in [3.8, 4) is 5.75 Å². The van der Waals surface area contributed by atoms with Crippen molar-refractivity contribution < 1.29 is 23.1 Å². The molecule has 2 aromatic carbocycles. The van der Waals surface area contributed by atoms with Crippen molar-refractivity contribution in [1.82, 2.24) is 4.31 Å². The zero-order chi connectivity index (χ0) is 23.8. The summed E-state index contributed by atoms with van der Waals surface area (Å²) in [6, 6.07) is 17.3. The molecule has 1 aromatic heterocycles. The van der Waals surface area contributed by atoms with Gasteiger partial charge in [0.25, 0.3) is 0 Å². The Morgan fingerprint density at radius 1 is 1.03 bits per heavy atom. The molecule has 176 valence electrons. The number of aryl methyl sites for hydroxylation is 2. The fourth-order valence-corrected chi connectivity index (χ4v) is 6.08. The second kappa shape index (κ2) is 11.7. The highest BCUT2D eigenvalue weighted by molar-refractivity contribution is 7.89. The summed E-state index contributed by atoms with van der Waals surface area (Å²) in [4.78, 5) is 12.5. The number of benzene rings is 2. The normalized spacial score (nSPS) is 11.6. The van der Waals surface area contributed by atoms with Crippen LogP contribution < -0.4 is 4.74 Å². The van der Waals surface area contributed by atoms with E-state index >= 15 is 0 Å². The van der Waals surface area contributed by atoms with Crippen LogP contribution in [0.5, 0.6) is 5.75 Å². The van der Waals surface area contributed by atoms with Gasteiger partial charge in [0.15, 0.2) is 0 Å². The summed E-state index contributed by atoms with van der Waals surface area (Å²) < 4.78 is 33.4. The number of hydrogen-bond donors (Lipinski definition) is 1. The van der Waals surface area contributed by atoms with Crippen molar-refractivity contribution in [3.63, 3.8) is 0 Å². The van der Waals surface area contributed by atoms with E-state index in [1.165, 1.54) is 22.8 Å². The summed E-state index contributed by atoms with van der Waals surface area (Å²) in [5.74, 6) is -0.357. The van der Waals surface area contributed by atoms with Crippen molar-refractivity contribution in [3.05, 3.63) is 81.0 Å². The third-order valence-electron chi connectivity index (χ3n) is 5.16. The molecule has 3 aromatic rings. The van der Waals surface area contributed by atoms with Gasteiger partial charge in [-0.2, -0.15) is 4.31 Å². The van der Waals surface area contributed by atoms with E-state index in [0.29, 0.717) is 49.5 Å². The van der Waals surface area contributed by atoms with E-state index in [1.807, 2.05) is 24.3 Å². The van der Waals surface area contributed by atoms with E-state index < -0.39 is 16.0 Å². The number of sulfonamides is 1. The minimum absolute atomic E-state index is 0.218. The Hall–Kier alpha value is -2.39. The molecule has 1 N–H and O–H groups in total. The van der Waals surface area contributed by atoms with Crippen LogP contribution in [0.25, 0.3) is 0 Å². The first kappa shape index (κ1) is 25.2. The molecule has 0 bridgehead atoms. The summed E-state index contributed by atoms with van der Waals surface area (Å²) in [5.41, 5.74) is 1.06. The van der Waals surface area contributed by atoms with Crippen LogP contribution in [0, 0.1) is 0 Å². The molecule has 0 atom stereocenters. The average Bonchev–Trinajstić information content (AvgIpc) is 3.27. The maximum atomic E-state index is 13.4. The smallest absolute Gasteiger partial charge is 0.345 e. The van der Waals surface area contributed by atoms with Crippen LogP contribution in [0.4, 0.5) is 0 Å². The third kappa shape index (κ3) is 7.04. The summed E-state index contributed by atoms with van der Waals surface area (Å²) in [6.45, 7) is 0.704. The number of carbonyl (C=O) groups is 1. The fourth-order valence-electron chi connectivity index (χ4n) is 3.46. The predicted molar refractivity (Wildman–Crippen MR) is 131 cm³/mol. The van der Waals surface area contributed by atoms with Crippen molar-refractivity contribution in [2.45, 2.75) is 30.6 Å². The first-order valence-corrected chi connectivity index (χ1v) is 13.1. The van der Waals surface area contributed by atoms with Crippen LogP contribution in [-0.2, 0) is 22.9 Å². The van der Waals surface area contributed by atoms with Crippen molar-refractivity contribution in [1.29, 1.82) is 0 Å². The lowest BCUT2D eigenvalue weighted by Gasteiger charge is -2.22. The molecule has 0 aliphatic heterocycles. The molecule has 1 heterocycles. The van der Waals surface area contributed by atoms with Gasteiger partial charge in [0, 0.05) is 23.0 Å². The molecule has 0 fully saturated rings. The second-order valence-electron chi connectivity index (χ2n) is 7.49. The van der Waals surface area contributed by atoms with Gasteiger partial charge >= 0.3 is 5.97 Å². The van der Waals surface area contributed by atoms with Crippen LogP contribution in [0.3, 0.4) is 0 Å². The Morgan fingerprint density at radius 3 is 2.33 bits per heavy atom. The Morgan fingerprint density at radius 2 is 1.73 bits per heavy atom. The minimum atomic E-state index is -3.69. The summed E-state index contributed by atoms with van der Waals surface area (Å²) in [6.07, 6.45) is 2.56. The number of methoxy groups -OCH3 is 1. The number of rotatable bonds is 12. The number of carboxylic acids is 1. The SMILES string of the molecule is COc1ccc(S(=O)(=O)N(CCCc2cccc(Cl)c2)CCCc2ccc(C(=O)O)s2)cc1. The molecule has 0 amide bonds. The summed E-state index contributed by atoms with van der Waals surface area (Å²) in [5, 5.41) is 9.75. The van der Waals surface area contributed by atoms with E-state index in [0.717, 1.165) is 10.4 Å². The summed E-state index contributed by atoms with van der Waals surface area (Å²) in [7, 11) is -2.16. The first-order chi connectivity index (χ1) is 15.8. The lowest BCUT2D eigenvalue weighted by atomic mass is 10.1. The molecular formula is C24H26ClNO5S2. The van der Waals surface area contributed by atoms with Gasteiger partial charge in [0.05, 0.1) is 12.0 Å². The quantitative estimate of drug-likeness (QED) is 0.356.